The number of benzene rings is 1. The number of rotatable bonds is 7. The number of nitrogens with zero attached hydrogens (tertiary/aromatic N) is 4. The van der Waals surface area contributed by atoms with Crippen molar-refractivity contribution in [3.63, 3.8) is 0 Å². The first-order chi connectivity index (χ1) is 15.1. The van der Waals surface area contributed by atoms with Gasteiger partial charge in [-0.05, 0) is 56.5 Å². The summed E-state index contributed by atoms with van der Waals surface area (Å²) in [5.74, 6) is -2.16. The number of aromatic nitrogens is 4. The van der Waals surface area contributed by atoms with Crippen LogP contribution in [0.25, 0.3) is 11.3 Å². The Balaban J connectivity index is 1.79. The molecule has 0 saturated carbocycles. The highest BCUT2D eigenvalue weighted by Crippen LogP contribution is 2.18. The number of hydrogen-bond acceptors (Lipinski definition) is 4. The van der Waals surface area contributed by atoms with Crippen LogP contribution in [0.15, 0.2) is 35.1 Å². The lowest BCUT2D eigenvalue weighted by molar-refractivity contribution is -0.123. The molecule has 2 aromatic heterocycles. The van der Waals surface area contributed by atoms with E-state index in [2.05, 4.69) is 15.5 Å². The summed E-state index contributed by atoms with van der Waals surface area (Å²) in [4.78, 5) is 25.1. The number of amides is 1. The van der Waals surface area contributed by atoms with Crippen molar-refractivity contribution in [2.75, 3.05) is 0 Å². The van der Waals surface area contributed by atoms with Gasteiger partial charge in [0.1, 0.15) is 6.54 Å². The Morgan fingerprint density at radius 2 is 1.75 bits per heavy atom. The van der Waals surface area contributed by atoms with Crippen LogP contribution in [-0.4, -0.2) is 31.5 Å². The van der Waals surface area contributed by atoms with Crippen LogP contribution in [0.4, 0.5) is 8.78 Å². The molecule has 9 heteroatoms. The zero-order chi connectivity index (χ0) is 23.6. The van der Waals surface area contributed by atoms with Gasteiger partial charge in [0.05, 0.1) is 24.0 Å². The van der Waals surface area contributed by atoms with Gasteiger partial charge in [-0.2, -0.15) is 10.2 Å². The Morgan fingerprint density at radius 3 is 2.34 bits per heavy atom. The van der Waals surface area contributed by atoms with E-state index in [0.717, 1.165) is 29.1 Å². The molecule has 1 atom stereocenters. The third-order valence-corrected chi connectivity index (χ3v) is 5.64. The van der Waals surface area contributed by atoms with Crippen LogP contribution in [0.2, 0.25) is 0 Å². The van der Waals surface area contributed by atoms with Crippen molar-refractivity contribution in [2.45, 2.75) is 53.8 Å². The molecule has 0 spiro atoms. The molecule has 3 aromatic rings. The number of aryl methyl sites for hydroxylation is 1. The Kier molecular flexibility index (Phi) is 6.86. The number of nitrogens with one attached hydrogen (secondary N) is 1. The molecule has 1 amide bonds. The van der Waals surface area contributed by atoms with Crippen LogP contribution in [0, 0.1) is 38.3 Å². The quantitative estimate of drug-likeness (QED) is 0.608. The second-order valence-electron chi connectivity index (χ2n) is 8.24. The predicted octanol–water partition coefficient (Wildman–Crippen LogP) is 3.15. The highest BCUT2D eigenvalue weighted by atomic mass is 19.2. The molecular weight excluding hydrogens is 416 g/mol. The van der Waals surface area contributed by atoms with E-state index in [1.165, 1.54) is 22.9 Å². The number of hydrogen-bond donors (Lipinski definition) is 1. The summed E-state index contributed by atoms with van der Waals surface area (Å²) >= 11 is 0. The molecule has 1 N–H and O–H groups in total. The molecule has 0 fully saturated rings. The predicted molar refractivity (Wildman–Crippen MR) is 117 cm³/mol. The molecule has 0 aliphatic carbocycles. The van der Waals surface area contributed by atoms with Crippen molar-refractivity contribution in [1.29, 1.82) is 0 Å². The highest BCUT2D eigenvalue weighted by Gasteiger charge is 2.20. The van der Waals surface area contributed by atoms with E-state index >= 15 is 0 Å². The molecule has 3 rings (SSSR count). The summed E-state index contributed by atoms with van der Waals surface area (Å²) < 4.78 is 29.7. The summed E-state index contributed by atoms with van der Waals surface area (Å²) in [6.07, 6.45) is 0. The maximum absolute atomic E-state index is 13.6. The first kappa shape index (κ1) is 23.3. The molecule has 1 aromatic carbocycles. The lowest BCUT2D eigenvalue weighted by atomic mass is 10.0. The molecule has 0 unspecified atom stereocenters. The van der Waals surface area contributed by atoms with Crippen LogP contribution in [0.5, 0.6) is 0 Å². The molecule has 7 nitrogen and oxygen atoms in total. The maximum Gasteiger partial charge on any atom is 0.266 e. The maximum atomic E-state index is 13.6. The largest absolute Gasteiger partial charge is 0.350 e. The van der Waals surface area contributed by atoms with Crippen molar-refractivity contribution in [1.82, 2.24) is 24.9 Å². The van der Waals surface area contributed by atoms with Crippen LogP contribution >= 0.6 is 0 Å². The summed E-state index contributed by atoms with van der Waals surface area (Å²) in [6, 6.07) is 5.85. The van der Waals surface area contributed by atoms with Gasteiger partial charge in [-0.3, -0.25) is 14.3 Å². The first-order valence-electron chi connectivity index (χ1n) is 10.4. The van der Waals surface area contributed by atoms with Gasteiger partial charge in [0.15, 0.2) is 11.6 Å². The summed E-state index contributed by atoms with van der Waals surface area (Å²) in [6.45, 7) is 9.84. The fourth-order valence-electron chi connectivity index (χ4n) is 3.33. The van der Waals surface area contributed by atoms with Crippen molar-refractivity contribution in [3.8, 4) is 11.3 Å². The van der Waals surface area contributed by atoms with Crippen molar-refractivity contribution < 1.29 is 13.6 Å². The van der Waals surface area contributed by atoms with Crippen LogP contribution < -0.4 is 10.9 Å². The van der Waals surface area contributed by atoms with Gasteiger partial charge < -0.3 is 5.32 Å². The van der Waals surface area contributed by atoms with Crippen LogP contribution in [0.1, 0.15) is 30.8 Å². The van der Waals surface area contributed by atoms with E-state index in [1.54, 1.807) is 4.68 Å². The van der Waals surface area contributed by atoms with Gasteiger partial charge in [0.25, 0.3) is 5.56 Å². The molecule has 32 heavy (non-hydrogen) atoms. The standard InChI is InChI=1S/C23H27F2N5O2/c1-13(2)21(26-22(31)12-29-16(5)14(3)15(4)27-29)11-30-23(32)9-8-20(28-30)17-6-7-18(24)19(25)10-17/h6-10,13,21H,11-12H2,1-5H3,(H,26,31)/t21-/m1/s1. The molecule has 0 saturated heterocycles. The molecule has 0 bridgehead atoms. The summed E-state index contributed by atoms with van der Waals surface area (Å²) in [5.41, 5.74) is 3.17. The van der Waals surface area contributed by atoms with Crippen LogP contribution in [0.3, 0.4) is 0 Å². The van der Waals surface area contributed by atoms with Gasteiger partial charge in [0.2, 0.25) is 5.91 Å². The fourth-order valence-corrected chi connectivity index (χ4v) is 3.33. The third-order valence-electron chi connectivity index (χ3n) is 5.64. The van der Waals surface area contributed by atoms with E-state index in [4.69, 9.17) is 0 Å². The lowest BCUT2D eigenvalue weighted by Crippen LogP contribution is -2.45. The molecular formula is C23H27F2N5O2. The van der Waals surface area contributed by atoms with Gasteiger partial charge in [0, 0.05) is 17.3 Å². The minimum Gasteiger partial charge on any atom is -0.350 e. The zero-order valence-electron chi connectivity index (χ0n) is 18.8. The topological polar surface area (TPSA) is 81.8 Å². The van der Waals surface area contributed by atoms with E-state index < -0.39 is 11.6 Å². The minimum absolute atomic E-state index is 0.0155. The molecule has 2 heterocycles. The van der Waals surface area contributed by atoms with Gasteiger partial charge >= 0.3 is 0 Å². The Bertz CT molecular complexity index is 1200. The van der Waals surface area contributed by atoms with E-state index in [0.29, 0.717) is 11.3 Å². The highest BCUT2D eigenvalue weighted by molar-refractivity contribution is 5.76. The molecule has 0 aliphatic heterocycles. The van der Waals surface area contributed by atoms with Gasteiger partial charge in [-0.1, -0.05) is 13.8 Å². The fraction of sp³-hybridized carbons (Fsp3) is 0.391. The number of carbonyl (C=O) groups excluding carboxylic acids is 1. The smallest absolute Gasteiger partial charge is 0.266 e. The van der Waals surface area contributed by atoms with Gasteiger partial charge in [-0.15, -0.1) is 0 Å². The second-order valence-corrected chi connectivity index (χ2v) is 8.24. The average Bonchev–Trinajstić information content (AvgIpc) is 2.97. The van der Waals surface area contributed by atoms with E-state index in [-0.39, 0.29) is 36.5 Å². The minimum atomic E-state index is -0.992. The average molecular weight is 443 g/mol. The normalized spacial score (nSPS) is 12.2. The van der Waals surface area contributed by atoms with Crippen molar-refractivity contribution in [2.24, 2.45) is 5.92 Å². The van der Waals surface area contributed by atoms with Gasteiger partial charge in [-0.25, -0.2) is 13.5 Å². The number of carbonyl (C=O) groups is 1. The lowest BCUT2D eigenvalue weighted by Gasteiger charge is -2.23. The molecule has 0 radical (unpaired) electrons. The Labute approximate surface area is 185 Å². The summed E-state index contributed by atoms with van der Waals surface area (Å²) in [7, 11) is 0. The first-order valence-corrected chi connectivity index (χ1v) is 10.4. The second kappa shape index (κ2) is 9.42. The Morgan fingerprint density at radius 1 is 1.03 bits per heavy atom. The third kappa shape index (κ3) is 5.09. The molecule has 0 aliphatic rings. The molecule has 170 valence electrons. The van der Waals surface area contributed by atoms with E-state index in [9.17, 15) is 18.4 Å². The van der Waals surface area contributed by atoms with Crippen molar-refractivity contribution >= 4 is 5.91 Å². The van der Waals surface area contributed by atoms with Crippen LogP contribution in [-0.2, 0) is 17.9 Å². The number of halogens is 2. The monoisotopic (exact) mass is 443 g/mol. The van der Waals surface area contributed by atoms with Crippen molar-refractivity contribution in [3.05, 3.63) is 69.3 Å². The van der Waals surface area contributed by atoms with E-state index in [1.807, 2.05) is 34.6 Å². The Hall–Kier alpha value is -3.36. The zero-order valence-corrected chi connectivity index (χ0v) is 18.8. The summed E-state index contributed by atoms with van der Waals surface area (Å²) in [5, 5.41) is 11.7. The SMILES string of the molecule is Cc1nn(CC(=O)N[C@H](Cn2nc(-c3ccc(F)c(F)c3)ccc2=O)C(C)C)c(C)c1C.